The molecule has 0 unspecified atom stereocenters. The minimum atomic E-state index is -0.373. The molecule has 6 heteroatoms. The van der Waals surface area contributed by atoms with Gasteiger partial charge in [-0.2, -0.15) is 0 Å². The zero-order valence-electron chi connectivity index (χ0n) is 15.7. The maximum absolute atomic E-state index is 13.9. The normalized spacial score (nSPS) is 17.3. The van der Waals surface area contributed by atoms with Gasteiger partial charge in [-0.15, -0.1) is 0 Å². The Morgan fingerprint density at radius 3 is 2.77 bits per heavy atom. The van der Waals surface area contributed by atoms with Gasteiger partial charge in [-0.05, 0) is 44.5 Å². The van der Waals surface area contributed by atoms with E-state index in [9.17, 15) is 14.0 Å². The van der Waals surface area contributed by atoms with Crippen LogP contribution in [0, 0.1) is 5.82 Å². The molecule has 0 aliphatic carbocycles. The second-order valence-corrected chi connectivity index (χ2v) is 6.59. The molecule has 0 bridgehead atoms. The average molecular weight is 364 g/mol. The SMILES string of the molecule is CCOC(=O)CCN(C[C@@H]1CCCN1CC)C(=O)Cc1ccccc1F. The van der Waals surface area contributed by atoms with Crippen LogP contribution < -0.4 is 0 Å². The van der Waals surface area contributed by atoms with Gasteiger partial charge in [0.05, 0.1) is 19.4 Å². The first-order valence-corrected chi connectivity index (χ1v) is 9.46. The van der Waals surface area contributed by atoms with E-state index in [2.05, 4.69) is 11.8 Å². The van der Waals surface area contributed by atoms with Crippen molar-refractivity contribution in [1.82, 2.24) is 9.80 Å². The molecule has 5 nitrogen and oxygen atoms in total. The molecule has 0 N–H and O–H groups in total. The quantitative estimate of drug-likeness (QED) is 0.632. The summed E-state index contributed by atoms with van der Waals surface area (Å²) in [5.74, 6) is -0.834. The van der Waals surface area contributed by atoms with Crippen molar-refractivity contribution in [3.63, 3.8) is 0 Å². The molecule has 144 valence electrons. The van der Waals surface area contributed by atoms with Gasteiger partial charge in [0.15, 0.2) is 0 Å². The molecule has 0 radical (unpaired) electrons. The molecule has 0 aromatic heterocycles. The number of halogens is 1. The minimum absolute atomic E-state index is 0.00828. The fourth-order valence-electron chi connectivity index (χ4n) is 3.47. The number of hydrogen-bond acceptors (Lipinski definition) is 4. The summed E-state index contributed by atoms with van der Waals surface area (Å²) in [6.45, 7) is 7.06. The Bertz CT molecular complexity index is 608. The molecule has 2 rings (SSSR count). The summed E-state index contributed by atoms with van der Waals surface area (Å²) in [4.78, 5) is 28.6. The highest BCUT2D eigenvalue weighted by atomic mass is 19.1. The van der Waals surface area contributed by atoms with Crippen LogP contribution in [0.3, 0.4) is 0 Å². The van der Waals surface area contributed by atoms with Gasteiger partial charge in [-0.3, -0.25) is 14.5 Å². The van der Waals surface area contributed by atoms with Crippen molar-refractivity contribution in [3.8, 4) is 0 Å². The van der Waals surface area contributed by atoms with E-state index in [-0.39, 0.29) is 30.5 Å². The van der Waals surface area contributed by atoms with Gasteiger partial charge in [-0.1, -0.05) is 25.1 Å². The van der Waals surface area contributed by atoms with E-state index in [1.165, 1.54) is 6.07 Å². The fourth-order valence-corrected chi connectivity index (χ4v) is 3.47. The number of nitrogens with zero attached hydrogens (tertiary/aromatic N) is 2. The summed E-state index contributed by atoms with van der Waals surface area (Å²) in [6, 6.07) is 6.63. The van der Waals surface area contributed by atoms with Crippen molar-refractivity contribution in [1.29, 1.82) is 0 Å². The first-order chi connectivity index (χ1) is 12.5. The molecular weight excluding hydrogens is 335 g/mol. The number of hydrogen-bond donors (Lipinski definition) is 0. The van der Waals surface area contributed by atoms with Crippen LogP contribution in [-0.2, 0) is 20.7 Å². The lowest BCUT2D eigenvalue weighted by Gasteiger charge is -2.30. The van der Waals surface area contributed by atoms with Gasteiger partial charge in [0, 0.05) is 19.1 Å². The molecule has 1 fully saturated rings. The van der Waals surface area contributed by atoms with Crippen molar-refractivity contribution in [2.75, 3.05) is 32.8 Å². The predicted molar refractivity (Wildman–Crippen MR) is 98.2 cm³/mol. The zero-order valence-corrected chi connectivity index (χ0v) is 15.7. The van der Waals surface area contributed by atoms with Crippen molar-refractivity contribution in [3.05, 3.63) is 35.6 Å². The molecule has 1 aliphatic heterocycles. The van der Waals surface area contributed by atoms with Crippen LogP contribution in [0.25, 0.3) is 0 Å². The topological polar surface area (TPSA) is 49.9 Å². The third-order valence-corrected chi connectivity index (χ3v) is 4.88. The summed E-state index contributed by atoms with van der Waals surface area (Å²) in [5, 5.41) is 0. The summed E-state index contributed by atoms with van der Waals surface area (Å²) in [7, 11) is 0. The van der Waals surface area contributed by atoms with Gasteiger partial charge in [0.25, 0.3) is 0 Å². The van der Waals surface area contributed by atoms with Gasteiger partial charge < -0.3 is 9.64 Å². The molecule has 1 amide bonds. The lowest BCUT2D eigenvalue weighted by atomic mass is 10.1. The number of benzene rings is 1. The van der Waals surface area contributed by atoms with Crippen molar-refractivity contribution in [2.45, 2.75) is 45.6 Å². The maximum atomic E-state index is 13.9. The van der Waals surface area contributed by atoms with E-state index in [1.807, 2.05) is 0 Å². The van der Waals surface area contributed by atoms with Crippen LogP contribution in [0.1, 0.15) is 38.7 Å². The van der Waals surface area contributed by atoms with Crippen LogP contribution in [0.2, 0.25) is 0 Å². The first-order valence-electron chi connectivity index (χ1n) is 9.46. The Kier molecular flexibility index (Phi) is 8.04. The molecule has 1 atom stereocenters. The third-order valence-electron chi connectivity index (χ3n) is 4.88. The van der Waals surface area contributed by atoms with Crippen LogP contribution in [-0.4, -0.2) is 60.5 Å². The Morgan fingerprint density at radius 1 is 1.31 bits per heavy atom. The smallest absolute Gasteiger partial charge is 0.307 e. The summed E-state index contributed by atoms with van der Waals surface area (Å²) in [5.41, 5.74) is 0.386. The van der Waals surface area contributed by atoms with E-state index >= 15 is 0 Å². The second-order valence-electron chi connectivity index (χ2n) is 6.59. The number of carbonyl (C=O) groups is 2. The highest BCUT2D eigenvalue weighted by Gasteiger charge is 2.27. The standard InChI is InChI=1S/C20H29FN2O3/c1-3-22-12-7-9-17(22)15-23(13-11-20(25)26-4-2)19(24)14-16-8-5-6-10-18(16)21/h5-6,8,10,17H,3-4,7,9,11-15H2,1-2H3/t17-/m0/s1. The Hall–Kier alpha value is -1.95. The average Bonchev–Trinajstić information content (AvgIpc) is 3.08. The lowest BCUT2D eigenvalue weighted by Crippen LogP contribution is -2.44. The van der Waals surface area contributed by atoms with Gasteiger partial charge in [-0.25, -0.2) is 4.39 Å². The number of likely N-dealkylation sites (tertiary alicyclic amines) is 1. The van der Waals surface area contributed by atoms with E-state index in [1.54, 1.807) is 30.0 Å². The third kappa shape index (κ3) is 5.80. The molecule has 1 aromatic rings. The monoisotopic (exact) mass is 364 g/mol. The van der Waals surface area contributed by atoms with Crippen LogP contribution >= 0.6 is 0 Å². The van der Waals surface area contributed by atoms with Crippen LogP contribution in [0.5, 0.6) is 0 Å². The van der Waals surface area contributed by atoms with E-state index in [0.29, 0.717) is 31.3 Å². The lowest BCUT2D eigenvalue weighted by molar-refractivity contribution is -0.144. The maximum Gasteiger partial charge on any atom is 0.307 e. The summed E-state index contributed by atoms with van der Waals surface area (Å²) >= 11 is 0. The highest BCUT2D eigenvalue weighted by Crippen LogP contribution is 2.19. The molecule has 1 heterocycles. The number of carbonyl (C=O) groups excluding carboxylic acids is 2. The van der Waals surface area contributed by atoms with Crippen molar-refractivity contribution in [2.24, 2.45) is 0 Å². The van der Waals surface area contributed by atoms with Crippen molar-refractivity contribution < 1.29 is 18.7 Å². The Morgan fingerprint density at radius 2 is 2.08 bits per heavy atom. The summed E-state index contributed by atoms with van der Waals surface area (Å²) in [6.07, 6.45) is 2.33. The van der Waals surface area contributed by atoms with Crippen molar-refractivity contribution >= 4 is 11.9 Å². The fraction of sp³-hybridized carbons (Fsp3) is 0.600. The Balaban J connectivity index is 2.04. The largest absolute Gasteiger partial charge is 0.466 e. The van der Waals surface area contributed by atoms with Gasteiger partial charge in [0.2, 0.25) is 5.91 Å². The van der Waals surface area contributed by atoms with Crippen LogP contribution in [0.15, 0.2) is 24.3 Å². The highest BCUT2D eigenvalue weighted by molar-refractivity contribution is 5.79. The second kappa shape index (κ2) is 10.3. The Labute approximate surface area is 155 Å². The minimum Gasteiger partial charge on any atom is -0.466 e. The zero-order chi connectivity index (χ0) is 18.9. The number of amides is 1. The molecule has 26 heavy (non-hydrogen) atoms. The number of esters is 1. The van der Waals surface area contributed by atoms with Gasteiger partial charge in [0.1, 0.15) is 5.82 Å². The molecule has 0 spiro atoms. The van der Waals surface area contributed by atoms with E-state index in [4.69, 9.17) is 4.74 Å². The van der Waals surface area contributed by atoms with Crippen LogP contribution in [0.4, 0.5) is 4.39 Å². The van der Waals surface area contributed by atoms with E-state index in [0.717, 1.165) is 25.9 Å². The van der Waals surface area contributed by atoms with Gasteiger partial charge >= 0.3 is 5.97 Å². The summed E-state index contributed by atoms with van der Waals surface area (Å²) < 4.78 is 18.9. The molecule has 0 saturated carbocycles. The number of likely N-dealkylation sites (N-methyl/N-ethyl adjacent to an activating group) is 1. The predicted octanol–water partition coefficient (Wildman–Crippen LogP) is 2.63. The number of rotatable bonds is 9. The molecule has 1 aromatic carbocycles. The first kappa shape index (κ1) is 20.4. The molecule has 1 saturated heterocycles. The molecular formula is C20H29FN2O3. The molecule has 1 aliphatic rings. The number of ether oxygens (including phenoxy) is 1. The van der Waals surface area contributed by atoms with E-state index < -0.39 is 0 Å².